The maximum absolute atomic E-state index is 14.4. The largest absolute Gasteiger partial charge is 0.495 e. The van der Waals surface area contributed by atoms with Gasteiger partial charge in [-0.1, -0.05) is 37.5 Å². The van der Waals surface area contributed by atoms with E-state index >= 15 is 0 Å². The molecule has 1 aliphatic carbocycles. The lowest BCUT2D eigenvalue weighted by Crippen LogP contribution is -2.41. The molecule has 34 heavy (non-hydrogen) atoms. The fourth-order valence-electron chi connectivity index (χ4n) is 3.27. The van der Waals surface area contributed by atoms with Crippen molar-refractivity contribution in [3.8, 4) is 11.5 Å². The van der Waals surface area contributed by atoms with Crippen molar-refractivity contribution < 1.29 is 50.3 Å². The molecule has 13 heteroatoms. The second-order valence-corrected chi connectivity index (χ2v) is 9.27. The number of hydroxylamine groups is 1. The molecule has 1 N–H and O–H groups in total. The van der Waals surface area contributed by atoms with Crippen molar-refractivity contribution in [1.82, 2.24) is 4.83 Å². The topological polar surface area (TPSA) is 85.3 Å². The summed E-state index contributed by atoms with van der Waals surface area (Å²) in [4.78, 5) is 17.4. The summed E-state index contributed by atoms with van der Waals surface area (Å²) in [5.41, 5.74) is 0. The van der Waals surface area contributed by atoms with Gasteiger partial charge in [0.15, 0.2) is 6.04 Å². The molecule has 3 rings (SSSR count). The highest BCUT2D eigenvalue weighted by Crippen LogP contribution is 2.56. The number of aliphatic carboxylic acids is 1. The zero-order valence-electron chi connectivity index (χ0n) is 17.8. The average molecular weight is 509 g/mol. The molecule has 1 saturated carbocycles. The lowest BCUT2D eigenvalue weighted by atomic mass is 9.98. The number of carbonyl (C=O) groups is 1. The Balaban J connectivity index is 2.11. The molecule has 1 unspecified atom stereocenters. The van der Waals surface area contributed by atoms with Crippen LogP contribution in [0.4, 0.5) is 22.0 Å². The van der Waals surface area contributed by atoms with Crippen LogP contribution in [-0.2, 0) is 13.9 Å². The lowest BCUT2D eigenvalue weighted by Gasteiger charge is -2.34. The summed E-state index contributed by atoms with van der Waals surface area (Å²) in [5, 5.41) is 9.53. The maximum atomic E-state index is 14.4. The summed E-state index contributed by atoms with van der Waals surface area (Å²) in [6.45, 7) is 1.02. The van der Waals surface area contributed by atoms with Crippen LogP contribution in [0.1, 0.15) is 39.0 Å². The molecule has 186 valence electrons. The van der Waals surface area contributed by atoms with Crippen LogP contribution < -0.4 is 9.36 Å². The Labute approximate surface area is 191 Å². The molecule has 1 fully saturated rings. The van der Waals surface area contributed by atoms with Crippen molar-refractivity contribution in [2.45, 2.75) is 51.2 Å². The van der Waals surface area contributed by atoms with Crippen LogP contribution in [0.5, 0.6) is 11.5 Å². The number of rotatable bonds is 9. The van der Waals surface area contributed by atoms with E-state index in [4.69, 9.17) is 13.9 Å². The number of para-hydroxylation sites is 1. The van der Waals surface area contributed by atoms with E-state index < -0.39 is 60.7 Å². The quantitative estimate of drug-likeness (QED) is 0.146. The zero-order chi connectivity index (χ0) is 25.0. The van der Waals surface area contributed by atoms with Gasteiger partial charge in [0, 0.05) is 0 Å². The predicted molar refractivity (Wildman–Crippen MR) is 108 cm³/mol. The van der Waals surface area contributed by atoms with Gasteiger partial charge >= 0.3 is 13.7 Å². The van der Waals surface area contributed by atoms with Crippen molar-refractivity contribution in [2.24, 2.45) is 0 Å². The highest BCUT2D eigenvalue weighted by Gasteiger charge is 2.48. The van der Waals surface area contributed by atoms with Gasteiger partial charge in [-0.3, -0.25) is 9.32 Å². The van der Waals surface area contributed by atoms with Gasteiger partial charge in [0.05, 0.1) is 6.10 Å². The SMILES string of the molecule is C[C@@H](C(=O)O)N(Oc1ccccc1)P(=O)(Oc1c(F)c(F)c(F)c(F)c1F)OC1CCCCC1. The molecule has 1 aliphatic rings. The fourth-order valence-corrected chi connectivity index (χ4v) is 5.18. The van der Waals surface area contributed by atoms with E-state index in [1.165, 1.54) is 24.3 Å². The number of nitrogens with zero attached hydrogens (tertiary/aromatic N) is 1. The smallest absolute Gasteiger partial charge is 0.480 e. The third-order valence-electron chi connectivity index (χ3n) is 5.08. The third kappa shape index (κ3) is 5.51. The van der Waals surface area contributed by atoms with Crippen LogP contribution in [0.3, 0.4) is 0 Å². The lowest BCUT2D eigenvalue weighted by molar-refractivity contribution is -0.150. The highest BCUT2D eigenvalue weighted by atomic mass is 31.2. The Hall–Kier alpha value is -2.69. The molecule has 0 amide bonds. The molecule has 2 atom stereocenters. The second-order valence-electron chi connectivity index (χ2n) is 7.55. The summed E-state index contributed by atoms with van der Waals surface area (Å²) < 4.78 is 94.0. The van der Waals surface area contributed by atoms with Crippen molar-refractivity contribution in [3.63, 3.8) is 0 Å². The highest BCUT2D eigenvalue weighted by molar-refractivity contribution is 7.51. The van der Waals surface area contributed by atoms with E-state index in [-0.39, 0.29) is 10.6 Å². The monoisotopic (exact) mass is 509 g/mol. The Morgan fingerprint density at radius 2 is 1.50 bits per heavy atom. The van der Waals surface area contributed by atoms with Gasteiger partial charge in [-0.15, -0.1) is 0 Å². The van der Waals surface area contributed by atoms with Crippen molar-refractivity contribution in [1.29, 1.82) is 0 Å². The summed E-state index contributed by atoms with van der Waals surface area (Å²) in [5.74, 6) is -15.4. The van der Waals surface area contributed by atoms with Crippen molar-refractivity contribution in [3.05, 3.63) is 59.4 Å². The van der Waals surface area contributed by atoms with Crippen molar-refractivity contribution >= 4 is 13.7 Å². The number of hydrogen-bond acceptors (Lipinski definition) is 5. The molecule has 0 saturated heterocycles. The van der Waals surface area contributed by atoms with Crippen LogP contribution in [0, 0.1) is 29.1 Å². The average Bonchev–Trinajstić information content (AvgIpc) is 2.83. The fraction of sp³-hybridized carbons (Fsp3) is 0.381. The van der Waals surface area contributed by atoms with Gasteiger partial charge in [0.1, 0.15) is 5.75 Å². The maximum Gasteiger partial charge on any atom is 0.495 e. The number of carboxylic acids is 1. The second kappa shape index (κ2) is 10.7. The number of benzene rings is 2. The van der Waals surface area contributed by atoms with E-state index in [0.29, 0.717) is 25.7 Å². The molecule has 2 aromatic rings. The summed E-state index contributed by atoms with van der Waals surface area (Å²) in [6, 6.07) is 5.50. The molecule has 7 nitrogen and oxygen atoms in total. The summed E-state index contributed by atoms with van der Waals surface area (Å²) in [7, 11) is -5.21. The molecule has 0 radical (unpaired) electrons. The summed E-state index contributed by atoms with van der Waals surface area (Å²) in [6.07, 6.45) is 1.97. The van der Waals surface area contributed by atoms with E-state index in [1.807, 2.05) is 0 Å². The first kappa shape index (κ1) is 25.9. The molecule has 2 aromatic carbocycles. The Morgan fingerprint density at radius 1 is 0.971 bits per heavy atom. The van der Waals surface area contributed by atoms with Gasteiger partial charge in [-0.05, 0) is 36.7 Å². The van der Waals surface area contributed by atoms with E-state index in [9.17, 15) is 36.4 Å². The van der Waals surface area contributed by atoms with Gasteiger partial charge in [0.2, 0.25) is 34.8 Å². The molecular formula is C21H21F5NO6P. The number of carboxylic acid groups (broad SMARTS) is 1. The first-order valence-corrected chi connectivity index (χ1v) is 11.8. The Morgan fingerprint density at radius 3 is 2.03 bits per heavy atom. The van der Waals surface area contributed by atoms with Crippen LogP contribution in [0.2, 0.25) is 0 Å². The van der Waals surface area contributed by atoms with Gasteiger partial charge in [-0.2, -0.15) is 8.78 Å². The van der Waals surface area contributed by atoms with Crippen LogP contribution >= 0.6 is 7.75 Å². The van der Waals surface area contributed by atoms with Crippen LogP contribution in [-0.4, -0.2) is 28.1 Å². The minimum absolute atomic E-state index is 0.0518. The summed E-state index contributed by atoms with van der Waals surface area (Å²) >= 11 is 0. The third-order valence-corrected chi connectivity index (χ3v) is 6.97. The first-order chi connectivity index (χ1) is 16.0. The van der Waals surface area contributed by atoms with Crippen molar-refractivity contribution in [2.75, 3.05) is 0 Å². The molecule has 0 spiro atoms. The van der Waals surface area contributed by atoms with Gasteiger partial charge in [0.25, 0.3) is 0 Å². The van der Waals surface area contributed by atoms with E-state index in [0.717, 1.165) is 13.3 Å². The first-order valence-electron chi connectivity index (χ1n) is 10.3. The molecular weight excluding hydrogens is 488 g/mol. The standard InChI is InChI=1S/C21H21F5NO6P/c1-12(21(28)29)27(31-13-8-4-2-5-9-13)34(30,32-14-10-6-3-7-11-14)33-20-18(25)16(23)15(22)17(24)19(20)26/h2,4-5,8-9,12,14H,3,6-7,10-11H2,1H3,(H,28,29)/t12-,34?/m0/s1. The number of halogens is 5. The predicted octanol–water partition coefficient (Wildman–Crippen LogP) is 5.99. The minimum atomic E-state index is -5.21. The van der Waals surface area contributed by atoms with Gasteiger partial charge in [-0.25, -0.2) is 17.7 Å². The Bertz CT molecular complexity index is 1050. The van der Waals surface area contributed by atoms with Crippen LogP contribution in [0.15, 0.2) is 30.3 Å². The molecule has 0 bridgehead atoms. The minimum Gasteiger partial charge on any atom is -0.480 e. The van der Waals surface area contributed by atoms with E-state index in [1.54, 1.807) is 6.07 Å². The Kier molecular flexibility index (Phi) is 8.17. The zero-order valence-corrected chi connectivity index (χ0v) is 18.7. The normalized spacial score (nSPS) is 17.3. The molecule has 0 heterocycles. The van der Waals surface area contributed by atoms with Gasteiger partial charge < -0.3 is 14.5 Å². The molecule has 0 aliphatic heterocycles. The van der Waals surface area contributed by atoms with E-state index in [2.05, 4.69) is 0 Å². The number of hydrogen-bond donors (Lipinski definition) is 1. The molecule has 0 aromatic heterocycles. The van der Waals surface area contributed by atoms with Crippen LogP contribution in [0.25, 0.3) is 0 Å².